The molecule has 2 heterocycles. The Labute approximate surface area is 102 Å². The highest BCUT2D eigenvalue weighted by atomic mass is 16.2. The van der Waals surface area contributed by atoms with E-state index in [4.69, 9.17) is 0 Å². The highest BCUT2D eigenvalue weighted by Gasteiger charge is 2.29. The van der Waals surface area contributed by atoms with Gasteiger partial charge in [0.2, 0.25) is 5.91 Å². The molecular formula is C13H21N3O. The molecule has 1 amide bonds. The van der Waals surface area contributed by atoms with Gasteiger partial charge in [-0.3, -0.25) is 9.48 Å². The van der Waals surface area contributed by atoms with Crippen molar-refractivity contribution in [1.82, 2.24) is 9.78 Å². The molecule has 0 saturated carbocycles. The first-order chi connectivity index (χ1) is 8.04. The Hall–Kier alpha value is -1.32. The van der Waals surface area contributed by atoms with E-state index in [1.807, 2.05) is 14.0 Å². The molecule has 0 aromatic carbocycles. The fourth-order valence-electron chi connectivity index (χ4n) is 2.55. The molecular weight excluding hydrogens is 214 g/mol. The largest absolute Gasteiger partial charge is 0.310 e. The van der Waals surface area contributed by atoms with Gasteiger partial charge in [0.25, 0.3) is 0 Å². The van der Waals surface area contributed by atoms with Gasteiger partial charge in [-0.1, -0.05) is 27.2 Å². The predicted molar refractivity (Wildman–Crippen MR) is 68.0 cm³/mol. The Morgan fingerprint density at radius 2 is 2.29 bits per heavy atom. The SMILES string of the molecule is CCCC(C)c1nn(C)c2c1CC(C)C(=O)N2. The van der Waals surface area contributed by atoms with Gasteiger partial charge in [0, 0.05) is 24.4 Å². The average Bonchev–Trinajstić information content (AvgIpc) is 2.58. The molecule has 0 spiro atoms. The van der Waals surface area contributed by atoms with Crippen LogP contribution >= 0.6 is 0 Å². The summed E-state index contributed by atoms with van der Waals surface area (Å²) in [5.74, 6) is 1.53. The van der Waals surface area contributed by atoms with Crippen LogP contribution in [-0.2, 0) is 18.3 Å². The third kappa shape index (κ3) is 2.08. The highest BCUT2D eigenvalue weighted by molar-refractivity contribution is 5.94. The lowest BCUT2D eigenvalue weighted by molar-refractivity contribution is -0.119. The van der Waals surface area contributed by atoms with Crippen LogP contribution in [0.15, 0.2) is 0 Å². The number of anilines is 1. The minimum absolute atomic E-state index is 0.0549. The number of nitrogens with one attached hydrogen (secondary N) is 1. The van der Waals surface area contributed by atoms with Crippen molar-refractivity contribution in [2.45, 2.75) is 46.0 Å². The zero-order valence-corrected chi connectivity index (χ0v) is 11.1. The lowest BCUT2D eigenvalue weighted by Gasteiger charge is -2.20. The van der Waals surface area contributed by atoms with Gasteiger partial charge in [-0.05, 0) is 12.8 Å². The number of fused-ring (bicyclic) bond motifs is 1. The maximum atomic E-state index is 11.7. The van der Waals surface area contributed by atoms with Gasteiger partial charge < -0.3 is 5.32 Å². The molecule has 0 bridgehead atoms. The molecule has 2 rings (SSSR count). The van der Waals surface area contributed by atoms with Gasteiger partial charge >= 0.3 is 0 Å². The molecule has 17 heavy (non-hydrogen) atoms. The molecule has 1 N–H and O–H groups in total. The summed E-state index contributed by atoms with van der Waals surface area (Å²) in [7, 11) is 1.90. The maximum absolute atomic E-state index is 11.7. The van der Waals surface area contributed by atoms with Crippen molar-refractivity contribution in [1.29, 1.82) is 0 Å². The molecule has 1 aromatic heterocycles. The number of hydrogen-bond acceptors (Lipinski definition) is 2. The number of amides is 1. The topological polar surface area (TPSA) is 46.9 Å². The number of nitrogens with zero attached hydrogens (tertiary/aromatic N) is 2. The summed E-state index contributed by atoms with van der Waals surface area (Å²) in [5.41, 5.74) is 2.40. The van der Waals surface area contributed by atoms with E-state index in [2.05, 4.69) is 24.3 Å². The van der Waals surface area contributed by atoms with E-state index >= 15 is 0 Å². The zero-order chi connectivity index (χ0) is 12.6. The number of hydrogen-bond donors (Lipinski definition) is 1. The minimum Gasteiger partial charge on any atom is -0.310 e. The molecule has 1 aliphatic heterocycles. The quantitative estimate of drug-likeness (QED) is 0.874. The summed E-state index contributed by atoms with van der Waals surface area (Å²) in [6, 6.07) is 0. The Bertz CT molecular complexity index is 436. The Balaban J connectivity index is 2.37. The molecule has 1 aromatic rings. The van der Waals surface area contributed by atoms with Crippen LogP contribution in [-0.4, -0.2) is 15.7 Å². The molecule has 2 atom stereocenters. The Morgan fingerprint density at radius 1 is 1.59 bits per heavy atom. The summed E-state index contributed by atoms with van der Waals surface area (Å²) in [6.07, 6.45) is 3.12. The fraction of sp³-hybridized carbons (Fsp3) is 0.692. The van der Waals surface area contributed by atoms with Crippen molar-refractivity contribution >= 4 is 11.7 Å². The van der Waals surface area contributed by atoms with E-state index in [1.165, 1.54) is 5.56 Å². The number of carbonyl (C=O) groups excluding carboxylic acids is 1. The molecule has 0 aliphatic carbocycles. The van der Waals surface area contributed by atoms with Crippen LogP contribution < -0.4 is 5.32 Å². The van der Waals surface area contributed by atoms with Crippen molar-refractivity contribution in [3.05, 3.63) is 11.3 Å². The first kappa shape index (κ1) is 12.1. The van der Waals surface area contributed by atoms with E-state index in [-0.39, 0.29) is 11.8 Å². The summed E-state index contributed by atoms with van der Waals surface area (Å²) in [4.78, 5) is 11.7. The molecule has 4 heteroatoms. The highest BCUT2D eigenvalue weighted by Crippen LogP contribution is 2.33. The Kier molecular flexibility index (Phi) is 3.22. The smallest absolute Gasteiger partial charge is 0.228 e. The van der Waals surface area contributed by atoms with Gasteiger partial charge in [0.05, 0.1) is 5.69 Å². The van der Waals surface area contributed by atoms with Crippen molar-refractivity contribution in [2.75, 3.05) is 5.32 Å². The van der Waals surface area contributed by atoms with Crippen LogP contribution in [0.4, 0.5) is 5.82 Å². The summed E-state index contributed by atoms with van der Waals surface area (Å²) in [6.45, 7) is 6.38. The van der Waals surface area contributed by atoms with E-state index in [0.29, 0.717) is 5.92 Å². The van der Waals surface area contributed by atoms with Crippen LogP contribution in [0.2, 0.25) is 0 Å². The lowest BCUT2D eigenvalue weighted by atomic mass is 9.91. The second-order valence-corrected chi connectivity index (χ2v) is 5.12. The molecule has 0 radical (unpaired) electrons. The third-order valence-corrected chi connectivity index (χ3v) is 3.56. The summed E-state index contributed by atoms with van der Waals surface area (Å²) in [5, 5.41) is 7.54. The predicted octanol–water partition coefficient (Wildman–Crippen LogP) is 2.45. The van der Waals surface area contributed by atoms with Crippen LogP contribution in [0.3, 0.4) is 0 Å². The molecule has 2 unspecified atom stereocenters. The minimum atomic E-state index is 0.0549. The second kappa shape index (κ2) is 4.51. The average molecular weight is 235 g/mol. The zero-order valence-electron chi connectivity index (χ0n) is 11.1. The van der Waals surface area contributed by atoms with E-state index in [1.54, 1.807) is 4.68 Å². The number of aromatic nitrogens is 2. The van der Waals surface area contributed by atoms with Gasteiger partial charge in [-0.25, -0.2) is 0 Å². The van der Waals surface area contributed by atoms with Gasteiger partial charge in [-0.2, -0.15) is 5.10 Å². The summed E-state index contributed by atoms with van der Waals surface area (Å²) >= 11 is 0. The molecule has 0 saturated heterocycles. The number of aryl methyl sites for hydroxylation is 1. The van der Waals surface area contributed by atoms with Crippen LogP contribution in [0.1, 0.15) is 50.8 Å². The first-order valence-electron chi connectivity index (χ1n) is 6.41. The normalized spacial score (nSPS) is 20.9. The second-order valence-electron chi connectivity index (χ2n) is 5.12. The van der Waals surface area contributed by atoms with Crippen LogP contribution in [0, 0.1) is 5.92 Å². The molecule has 94 valence electrons. The maximum Gasteiger partial charge on any atom is 0.228 e. The fourth-order valence-corrected chi connectivity index (χ4v) is 2.55. The lowest BCUT2D eigenvalue weighted by Crippen LogP contribution is -2.28. The van der Waals surface area contributed by atoms with E-state index in [0.717, 1.165) is 30.8 Å². The van der Waals surface area contributed by atoms with Crippen molar-refractivity contribution in [3.63, 3.8) is 0 Å². The molecule has 4 nitrogen and oxygen atoms in total. The standard InChI is InChI=1S/C13H21N3O/c1-5-6-8(2)11-10-7-9(3)13(17)14-12(10)16(4)15-11/h8-9H,5-7H2,1-4H3,(H,14,17). The van der Waals surface area contributed by atoms with Gasteiger partial charge in [-0.15, -0.1) is 0 Å². The van der Waals surface area contributed by atoms with Gasteiger partial charge in [0.15, 0.2) is 0 Å². The number of carbonyl (C=O) groups is 1. The van der Waals surface area contributed by atoms with Crippen molar-refractivity contribution in [2.24, 2.45) is 13.0 Å². The summed E-state index contributed by atoms with van der Waals surface area (Å²) < 4.78 is 1.81. The first-order valence-corrected chi connectivity index (χ1v) is 6.41. The van der Waals surface area contributed by atoms with E-state index in [9.17, 15) is 4.79 Å². The monoisotopic (exact) mass is 235 g/mol. The van der Waals surface area contributed by atoms with Crippen molar-refractivity contribution in [3.8, 4) is 0 Å². The molecule has 1 aliphatic rings. The van der Waals surface area contributed by atoms with Crippen LogP contribution in [0.25, 0.3) is 0 Å². The van der Waals surface area contributed by atoms with Gasteiger partial charge in [0.1, 0.15) is 5.82 Å². The Morgan fingerprint density at radius 3 is 2.94 bits per heavy atom. The van der Waals surface area contributed by atoms with Crippen molar-refractivity contribution < 1.29 is 4.79 Å². The number of rotatable bonds is 3. The van der Waals surface area contributed by atoms with Crippen LogP contribution in [0.5, 0.6) is 0 Å². The molecule has 0 fully saturated rings. The third-order valence-electron chi connectivity index (χ3n) is 3.56. The van der Waals surface area contributed by atoms with E-state index < -0.39 is 0 Å².